The van der Waals surface area contributed by atoms with Crippen LogP contribution < -0.4 is 11.2 Å². The van der Waals surface area contributed by atoms with Crippen LogP contribution in [-0.4, -0.2) is 26.7 Å². The van der Waals surface area contributed by atoms with Crippen LogP contribution in [0, 0.1) is 0 Å². The maximum Gasteiger partial charge on any atom is 0.330 e. The van der Waals surface area contributed by atoms with E-state index in [1.54, 1.807) is 18.4 Å². The number of carbonyl (C=O) groups excluding carboxylic acids is 1. The first-order valence-electron chi connectivity index (χ1n) is 8.41. The van der Waals surface area contributed by atoms with Gasteiger partial charge in [-0.1, -0.05) is 12.1 Å². The van der Waals surface area contributed by atoms with Gasteiger partial charge < -0.3 is 9.30 Å². The Morgan fingerprint density at radius 2 is 2.04 bits per heavy atom. The average Bonchev–Trinajstić information content (AvgIpc) is 3.08. The maximum atomic E-state index is 12.0. The number of aryl methyl sites for hydroxylation is 2. The summed E-state index contributed by atoms with van der Waals surface area (Å²) in [6.07, 6.45) is 5.34. The largest absolute Gasteiger partial charge is 0.463 e. The Bertz CT molecular complexity index is 1090. The summed E-state index contributed by atoms with van der Waals surface area (Å²) >= 11 is 1.64. The first-order chi connectivity index (χ1) is 13.0. The zero-order chi connectivity index (χ0) is 19.4. The molecule has 0 fully saturated rings. The third-order valence-corrected chi connectivity index (χ3v) is 5.09. The van der Waals surface area contributed by atoms with Crippen LogP contribution >= 0.6 is 11.3 Å². The van der Waals surface area contributed by atoms with Crippen molar-refractivity contribution < 1.29 is 9.53 Å². The molecule has 0 amide bonds. The lowest BCUT2D eigenvalue weighted by molar-refractivity contribution is -0.137. The second-order valence-electron chi connectivity index (χ2n) is 6.02. The van der Waals surface area contributed by atoms with Crippen LogP contribution in [0.25, 0.3) is 16.3 Å². The van der Waals surface area contributed by atoms with Gasteiger partial charge in [0.25, 0.3) is 5.56 Å². The van der Waals surface area contributed by atoms with Crippen molar-refractivity contribution in [3.05, 3.63) is 67.9 Å². The number of nitrogens with zero attached hydrogens (tertiary/aromatic N) is 3. The number of hydrogen-bond acceptors (Lipinski definition) is 6. The van der Waals surface area contributed by atoms with E-state index in [0.29, 0.717) is 6.42 Å². The summed E-state index contributed by atoms with van der Waals surface area (Å²) in [4.78, 5) is 40.0. The highest BCUT2D eigenvalue weighted by atomic mass is 32.1. The lowest BCUT2D eigenvalue weighted by Crippen LogP contribution is -2.37. The highest BCUT2D eigenvalue weighted by Gasteiger charge is 2.06. The predicted octanol–water partition coefficient (Wildman–Crippen LogP) is 1.88. The normalized spacial score (nSPS) is 11.3. The summed E-state index contributed by atoms with van der Waals surface area (Å²) in [5.41, 5.74) is 0.342. The van der Waals surface area contributed by atoms with E-state index in [0.717, 1.165) is 26.2 Å². The molecule has 7 nitrogen and oxygen atoms in total. The quantitative estimate of drug-likeness (QED) is 0.368. The van der Waals surface area contributed by atoms with Gasteiger partial charge in [0.05, 0.1) is 27.4 Å². The second kappa shape index (κ2) is 8.13. The van der Waals surface area contributed by atoms with Crippen LogP contribution in [0.15, 0.2) is 46.1 Å². The fourth-order valence-corrected chi connectivity index (χ4v) is 3.59. The topological polar surface area (TPSA) is 83.2 Å². The average molecular weight is 385 g/mol. The number of aromatic nitrogens is 3. The number of hydrogen-bond donors (Lipinski definition) is 0. The molecule has 0 radical (unpaired) electrons. The minimum absolute atomic E-state index is 0.242. The van der Waals surface area contributed by atoms with Crippen molar-refractivity contribution in [3.63, 3.8) is 0 Å². The molecule has 0 aliphatic heterocycles. The molecule has 0 N–H and O–H groups in total. The molecule has 3 aromatic rings. The van der Waals surface area contributed by atoms with Crippen LogP contribution in [0.1, 0.15) is 17.0 Å². The smallest absolute Gasteiger partial charge is 0.330 e. The number of rotatable bonds is 6. The van der Waals surface area contributed by atoms with Crippen molar-refractivity contribution in [2.24, 2.45) is 14.1 Å². The fourth-order valence-electron chi connectivity index (χ4n) is 2.58. The van der Waals surface area contributed by atoms with E-state index in [9.17, 15) is 14.4 Å². The summed E-state index contributed by atoms with van der Waals surface area (Å²) in [7, 11) is 2.93. The minimum atomic E-state index is -0.532. The first kappa shape index (κ1) is 18.8. The lowest BCUT2D eigenvalue weighted by atomic mass is 10.3. The molecule has 0 aliphatic rings. The highest BCUT2D eigenvalue weighted by Crippen LogP contribution is 2.22. The number of esters is 1. The number of para-hydroxylation sites is 1. The summed E-state index contributed by atoms with van der Waals surface area (Å²) in [6.45, 7) is 0.268. The van der Waals surface area contributed by atoms with Gasteiger partial charge >= 0.3 is 11.7 Å². The molecule has 0 spiro atoms. The fraction of sp³-hybridized carbons (Fsp3) is 0.263. The third kappa shape index (κ3) is 4.40. The van der Waals surface area contributed by atoms with Crippen molar-refractivity contribution in [2.45, 2.75) is 12.8 Å². The molecule has 0 unspecified atom stereocenters. The summed E-state index contributed by atoms with van der Waals surface area (Å²) in [5, 5.41) is 1.01. The molecular weight excluding hydrogens is 366 g/mol. The van der Waals surface area contributed by atoms with E-state index < -0.39 is 17.2 Å². The Morgan fingerprint density at radius 3 is 2.81 bits per heavy atom. The van der Waals surface area contributed by atoms with Gasteiger partial charge in [-0.2, -0.15) is 0 Å². The van der Waals surface area contributed by atoms with Crippen molar-refractivity contribution >= 4 is 33.6 Å². The maximum absolute atomic E-state index is 12.0. The van der Waals surface area contributed by atoms with E-state index >= 15 is 0 Å². The molecule has 2 heterocycles. The Labute approximate surface area is 159 Å². The standard InChI is InChI=1S/C19H19N3O4S/c1-21-12-13(18(24)22(2)19(21)25)9-10-17(23)26-11-5-8-16-20-14-6-3-4-7-15(14)27-16/h3-4,6-7,9-10,12H,5,8,11H2,1-2H3/b10-9+. The third-order valence-electron chi connectivity index (χ3n) is 3.99. The monoisotopic (exact) mass is 385 g/mol. The zero-order valence-corrected chi connectivity index (χ0v) is 15.9. The molecule has 27 heavy (non-hydrogen) atoms. The van der Waals surface area contributed by atoms with Crippen LogP contribution in [-0.2, 0) is 30.0 Å². The molecule has 0 saturated carbocycles. The number of thiazole rings is 1. The van der Waals surface area contributed by atoms with E-state index in [1.807, 2.05) is 24.3 Å². The number of carbonyl (C=O) groups is 1. The predicted molar refractivity (Wildman–Crippen MR) is 105 cm³/mol. The van der Waals surface area contributed by atoms with Crippen LogP contribution in [0.5, 0.6) is 0 Å². The Hall–Kier alpha value is -3.00. The number of ether oxygens (including phenoxy) is 1. The number of fused-ring (bicyclic) bond motifs is 1. The molecule has 2 aromatic heterocycles. The van der Waals surface area contributed by atoms with Gasteiger partial charge in [-0.05, 0) is 24.6 Å². The highest BCUT2D eigenvalue weighted by molar-refractivity contribution is 7.18. The van der Waals surface area contributed by atoms with Crippen molar-refractivity contribution in [3.8, 4) is 0 Å². The van der Waals surface area contributed by atoms with Gasteiger partial charge in [-0.3, -0.25) is 9.36 Å². The van der Waals surface area contributed by atoms with Crippen LogP contribution in [0.3, 0.4) is 0 Å². The van der Waals surface area contributed by atoms with Gasteiger partial charge in [-0.25, -0.2) is 14.6 Å². The van der Waals surface area contributed by atoms with Gasteiger partial charge in [0.2, 0.25) is 0 Å². The van der Waals surface area contributed by atoms with Gasteiger partial charge in [0.1, 0.15) is 0 Å². The van der Waals surface area contributed by atoms with E-state index in [2.05, 4.69) is 4.98 Å². The molecule has 140 valence electrons. The molecular formula is C19H19N3O4S. The number of benzene rings is 1. The van der Waals surface area contributed by atoms with Crippen LogP contribution in [0.2, 0.25) is 0 Å². The molecule has 1 aromatic carbocycles. The molecule has 8 heteroatoms. The van der Waals surface area contributed by atoms with Crippen LogP contribution in [0.4, 0.5) is 0 Å². The molecule has 0 atom stereocenters. The zero-order valence-electron chi connectivity index (χ0n) is 15.0. The van der Waals surface area contributed by atoms with Gasteiger partial charge in [0.15, 0.2) is 0 Å². The SMILES string of the molecule is Cn1cc(/C=C/C(=O)OCCCc2nc3ccccc3s2)c(=O)n(C)c1=O. The second-order valence-corrected chi connectivity index (χ2v) is 7.14. The van der Waals surface area contributed by atoms with Crippen molar-refractivity contribution in [2.75, 3.05) is 6.61 Å². The Morgan fingerprint density at radius 1 is 1.26 bits per heavy atom. The summed E-state index contributed by atoms with van der Waals surface area (Å²) in [6, 6.07) is 7.95. The van der Waals surface area contributed by atoms with Gasteiger partial charge in [0, 0.05) is 32.8 Å². The Kier molecular flexibility index (Phi) is 5.66. The molecule has 0 bridgehead atoms. The molecule has 0 saturated heterocycles. The first-order valence-corrected chi connectivity index (χ1v) is 9.23. The Balaban J connectivity index is 1.52. The minimum Gasteiger partial charge on any atom is -0.463 e. The van der Waals surface area contributed by atoms with E-state index in [-0.39, 0.29) is 12.2 Å². The summed E-state index contributed by atoms with van der Waals surface area (Å²) < 4.78 is 8.57. The van der Waals surface area contributed by atoms with E-state index in [1.165, 1.54) is 30.0 Å². The molecule has 3 rings (SSSR count). The van der Waals surface area contributed by atoms with E-state index in [4.69, 9.17) is 4.74 Å². The molecule has 0 aliphatic carbocycles. The summed E-state index contributed by atoms with van der Waals surface area (Å²) in [5.74, 6) is -0.532. The van der Waals surface area contributed by atoms with Crippen molar-refractivity contribution in [1.29, 1.82) is 0 Å². The van der Waals surface area contributed by atoms with Crippen molar-refractivity contribution in [1.82, 2.24) is 14.1 Å². The van der Waals surface area contributed by atoms with Gasteiger partial charge in [-0.15, -0.1) is 11.3 Å². The lowest BCUT2D eigenvalue weighted by Gasteiger charge is -2.03.